The van der Waals surface area contributed by atoms with Crippen LogP contribution in [0.1, 0.15) is 21.5 Å². The Morgan fingerprint density at radius 1 is 0.575 bits per heavy atom. The van der Waals surface area contributed by atoms with Crippen molar-refractivity contribution < 1.29 is 55.5 Å². The van der Waals surface area contributed by atoms with Crippen LogP contribution in [0, 0.1) is 13.8 Å². The van der Waals surface area contributed by atoms with E-state index in [-0.39, 0.29) is 50.7 Å². The summed E-state index contributed by atoms with van der Waals surface area (Å²) in [5, 5.41) is 8.19. The molecule has 0 heterocycles. The van der Waals surface area contributed by atoms with E-state index in [0.717, 1.165) is 20.6 Å². The molecule has 6 heteroatoms. The van der Waals surface area contributed by atoms with Crippen LogP contribution in [-0.2, 0) is 25.8 Å². The third-order valence-electron chi connectivity index (χ3n) is 6.07. The Balaban J connectivity index is 0.000000291. The predicted octanol–water partition coefficient (Wildman–Crippen LogP) is 1.55. The number of carbonyl (C=O) groups excluding carboxylic acids is 1. The molecule has 1 amide bonds. The number of nitrogens with one attached hydrogen (secondary N) is 1. The molecule has 0 atom stereocenters. The van der Waals surface area contributed by atoms with E-state index < -0.39 is 5.91 Å². The Morgan fingerprint density at radius 3 is 1.32 bits per heavy atom. The van der Waals surface area contributed by atoms with Gasteiger partial charge in [-0.25, -0.2) is 0 Å². The third-order valence-corrected chi connectivity index (χ3v) is 7.31. The van der Waals surface area contributed by atoms with Gasteiger partial charge in [0.2, 0.25) is 0 Å². The quantitative estimate of drug-likeness (QED) is 0.201. The van der Waals surface area contributed by atoms with E-state index in [0.29, 0.717) is 5.56 Å². The molecule has 0 saturated heterocycles. The molecule has 40 heavy (non-hydrogen) atoms. The van der Waals surface area contributed by atoms with Crippen LogP contribution in [0.3, 0.4) is 0 Å². The molecule has 0 aliphatic rings. The maximum Gasteiger partial charge on any atom is 4.00 e. The van der Waals surface area contributed by atoms with Gasteiger partial charge in [-0.15, -0.1) is 39.7 Å². The molecule has 0 unspecified atom stereocenters. The summed E-state index contributed by atoms with van der Waals surface area (Å²) in [7, 11) is 0.777. The number of hydrogen-bond donors (Lipinski definition) is 0. The fraction of sp³-hybridized carbons (Fsp3) is 0.0588. The van der Waals surface area contributed by atoms with E-state index in [9.17, 15) is 4.79 Å². The number of halogens is 2. The monoisotopic (exact) mass is 745 g/mol. The van der Waals surface area contributed by atoms with Crippen molar-refractivity contribution in [2.24, 2.45) is 0 Å². The third kappa shape index (κ3) is 9.63. The minimum absolute atomic E-state index is 0. The van der Waals surface area contributed by atoms with Gasteiger partial charge in [0.1, 0.15) is 9.52 Å². The van der Waals surface area contributed by atoms with Crippen molar-refractivity contribution >= 4 is 47.3 Å². The Labute approximate surface area is 270 Å². The normalized spacial score (nSPS) is 9.45. The molecule has 0 fully saturated rings. The van der Waals surface area contributed by atoms with Crippen molar-refractivity contribution in [2.45, 2.75) is 13.8 Å². The largest absolute Gasteiger partial charge is 4.00 e. The average molecular weight is 745 g/mol. The first-order chi connectivity index (χ1) is 18.0. The Bertz CT molecular complexity index is 1500. The number of rotatable bonds is 3. The number of aryl methyl sites for hydroxylation is 2. The van der Waals surface area contributed by atoms with Crippen LogP contribution in [0.5, 0.6) is 0 Å². The molecular weight excluding hydrogens is 716 g/mol. The van der Waals surface area contributed by atoms with Gasteiger partial charge >= 0.3 is 25.8 Å². The van der Waals surface area contributed by atoms with E-state index in [1.54, 1.807) is 0 Å². The van der Waals surface area contributed by atoms with Crippen LogP contribution in [0.2, 0.25) is 0 Å². The number of fused-ring (bicyclic) bond motifs is 3. The summed E-state index contributed by atoms with van der Waals surface area (Å²) < 4.78 is 0. The van der Waals surface area contributed by atoms with Crippen molar-refractivity contribution in [3.05, 3.63) is 156 Å². The Kier molecular flexibility index (Phi) is 15.6. The SMILES string of the molecule is Cc1cccc(C)c1C([NH-])=O.[Cl-].[Cl-].[Hf+4].c1ccc([Si]c2ccccc2)cc1.c1ccc2c(c1)[cH-]c1ccccc12. The molecule has 6 rings (SSSR count). The Hall–Kier alpha value is -2.89. The maximum absolute atomic E-state index is 10.8. The minimum atomic E-state index is -0.597. The van der Waals surface area contributed by atoms with Gasteiger partial charge in [0.05, 0.1) is 5.91 Å². The van der Waals surface area contributed by atoms with Gasteiger partial charge in [-0.05, 0) is 25.0 Å². The summed E-state index contributed by atoms with van der Waals surface area (Å²) in [6.07, 6.45) is 0. The first-order valence-electron chi connectivity index (χ1n) is 12.3. The summed E-state index contributed by atoms with van der Waals surface area (Å²) in [5.74, 6) is -0.597. The number of hydrogen-bond acceptors (Lipinski definition) is 1. The van der Waals surface area contributed by atoms with Crippen molar-refractivity contribution in [1.29, 1.82) is 0 Å². The van der Waals surface area contributed by atoms with E-state index in [1.165, 1.54) is 31.9 Å². The van der Waals surface area contributed by atoms with Crippen LogP contribution in [0.15, 0.2) is 133 Å². The summed E-state index contributed by atoms with van der Waals surface area (Å²) in [6.45, 7) is 3.68. The van der Waals surface area contributed by atoms with E-state index in [2.05, 4.69) is 115 Å². The first-order valence-corrected chi connectivity index (χ1v) is 13.3. The average Bonchev–Trinajstić information content (AvgIpc) is 3.29. The van der Waals surface area contributed by atoms with Crippen molar-refractivity contribution in [3.8, 4) is 0 Å². The predicted molar refractivity (Wildman–Crippen MR) is 160 cm³/mol. The smallest absolute Gasteiger partial charge is 1.00 e. The molecule has 0 saturated carbocycles. The molecule has 0 aliphatic heterocycles. The second kappa shape index (κ2) is 17.7. The second-order valence-corrected chi connectivity index (χ2v) is 10.2. The van der Waals surface area contributed by atoms with E-state index in [1.807, 2.05) is 32.0 Å². The van der Waals surface area contributed by atoms with Crippen molar-refractivity contribution in [1.82, 2.24) is 0 Å². The summed E-state index contributed by atoms with van der Waals surface area (Å²) >= 11 is 0. The van der Waals surface area contributed by atoms with E-state index in [4.69, 9.17) is 5.73 Å². The van der Waals surface area contributed by atoms with Crippen molar-refractivity contribution in [2.75, 3.05) is 0 Å². The Morgan fingerprint density at radius 2 is 0.950 bits per heavy atom. The van der Waals surface area contributed by atoms with Gasteiger partial charge in [0.15, 0.2) is 0 Å². The van der Waals surface area contributed by atoms with Crippen LogP contribution < -0.4 is 35.2 Å². The summed E-state index contributed by atoms with van der Waals surface area (Å²) in [4.78, 5) is 10.8. The van der Waals surface area contributed by atoms with Crippen LogP contribution in [0.25, 0.3) is 27.3 Å². The van der Waals surface area contributed by atoms with Gasteiger partial charge in [0, 0.05) is 5.56 Å². The fourth-order valence-corrected chi connectivity index (χ4v) is 5.34. The molecule has 198 valence electrons. The molecule has 0 spiro atoms. The van der Waals surface area contributed by atoms with Gasteiger partial charge in [-0.3, -0.25) is 0 Å². The molecular formula is C34H29Cl2HfNOSi. The molecule has 2 radical (unpaired) electrons. The fourth-order valence-electron chi connectivity index (χ4n) is 4.29. The molecule has 6 aromatic carbocycles. The van der Waals surface area contributed by atoms with Crippen LogP contribution >= 0.6 is 0 Å². The summed E-state index contributed by atoms with van der Waals surface area (Å²) in [5.41, 5.74) is 9.26. The maximum atomic E-state index is 10.8. The van der Waals surface area contributed by atoms with E-state index >= 15 is 0 Å². The molecule has 1 N–H and O–H groups in total. The topological polar surface area (TPSA) is 40.9 Å². The number of benzene rings is 5. The van der Waals surface area contributed by atoms with Gasteiger partial charge in [-0.2, -0.15) is 0 Å². The molecule has 0 bridgehead atoms. The van der Waals surface area contributed by atoms with Gasteiger partial charge in [0.25, 0.3) is 0 Å². The number of amides is 1. The van der Waals surface area contributed by atoms with Crippen LogP contribution in [0.4, 0.5) is 0 Å². The number of carbonyl (C=O) groups is 1. The molecule has 2 nitrogen and oxygen atoms in total. The van der Waals surface area contributed by atoms with Gasteiger partial charge in [-0.1, -0.05) is 126 Å². The molecule has 6 aromatic rings. The van der Waals surface area contributed by atoms with Gasteiger partial charge < -0.3 is 35.3 Å². The first kappa shape index (κ1) is 35.1. The summed E-state index contributed by atoms with van der Waals surface area (Å²) in [6, 6.07) is 46.0. The van der Waals surface area contributed by atoms with Crippen molar-refractivity contribution in [3.63, 3.8) is 0 Å². The molecule has 0 aliphatic carbocycles. The zero-order valence-corrected chi connectivity index (χ0v) is 28.5. The zero-order chi connectivity index (χ0) is 26.0. The minimum Gasteiger partial charge on any atom is -1.00 e. The van der Waals surface area contributed by atoms with Crippen LogP contribution in [-0.4, -0.2) is 15.4 Å². The standard InChI is InChI=1S/C13H9.C12H10Si.C9H11NO.2ClH.Hf/c1-3-7-12-10(5-1)9-11-6-2-4-8-13(11)12;1-3-7-11(8-4-1)13-12-9-5-2-6-10-12;1-6-4-3-5-7(2)8(6)9(10)11;;;/h1-9H;1-10H;3-5H,1-2H3,(H2,10,11);2*1H;/q-1;;;;;+4/p-3. The zero-order valence-electron chi connectivity index (χ0n) is 22.4. The molecule has 0 aromatic heterocycles. The second-order valence-electron chi connectivity index (χ2n) is 8.77.